The quantitative estimate of drug-likeness (QED) is 0.839. The van der Waals surface area contributed by atoms with Gasteiger partial charge in [0, 0.05) is 10.7 Å². The van der Waals surface area contributed by atoms with Crippen molar-refractivity contribution < 1.29 is 19.1 Å². The van der Waals surface area contributed by atoms with Crippen molar-refractivity contribution in [1.82, 2.24) is 0 Å². The van der Waals surface area contributed by atoms with Crippen molar-refractivity contribution in [3.05, 3.63) is 52.5 Å². The highest BCUT2D eigenvalue weighted by Gasteiger charge is 2.16. The predicted molar refractivity (Wildman–Crippen MR) is 91.8 cm³/mol. The number of methoxy groups -OCH3 is 1. The lowest BCUT2D eigenvalue weighted by molar-refractivity contribution is -0.118. The first-order chi connectivity index (χ1) is 11.4. The molecule has 0 spiro atoms. The normalized spacial score (nSPS) is 10.1. The first-order valence-corrected chi connectivity index (χ1v) is 7.45. The molecule has 0 aliphatic rings. The minimum absolute atomic E-state index is 0.129. The summed E-state index contributed by atoms with van der Waals surface area (Å²) in [5.74, 6) is -0.632. The summed E-state index contributed by atoms with van der Waals surface area (Å²) >= 11 is 6.01. The number of ether oxygens (including phenoxy) is 2. The Labute approximate surface area is 144 Å². The van der Waals surface area contributed by atoms with Gasteiger partial charge >= 0.3 is 0 Å². The number of hydrogen-bond donors (Lipinski definition) is 2. The molecule has 0 fully saturated rings. The van der Waals surface area contributed by atoms with Crippen molar-refractivity contribution >= 4 is 29.1 Å². The lowest BCUT2D eigenvalue weighted by atomic mass is 10.2. The number of carbonyl (C=O) groups is 2. The number of rotatable bonds is 6. The Morgan fingerprint density at radius 1 is 1.25 bits per heavy atom. The molecule has 6 nitrogen and oxygen atoms in total. The molecule has 24 heavy (non-hydrogen) atoms. The largest absolute Gasteiger partial charge is 0.493 e. The Balaban J connectivity index is 2.09. The molecule has 126 valence electrons. The molecule has 0 saturated heterocycles. The summed E-state index contributed by atoms with van der Waals surface area (Å²) in [6.07, 6.45) is 0. The van der Waals surface area contributed by atoms with E-state index in [1.807, 2.05) is 6.92 Å². The Morgan fingerprint density at radius 3 is 2.62 bits per heavy atom. The van der Waals surface area contributed by atoms with Crippen LogP contribution in [0.5, 0.6) is 11.5 Å². The fraction of sp³-hybridized carbons (Fsp3) is 0.176. The third kappa shape index (κ3) is 4.17. The standard InChI is InChI=1S/C17H17ClN2O4/c1-10-6-7-11(8-13(10)18)20-15(21)9-24-16-12(17(19)22)4-3-5-14(16)23-2/h3-8H,9H2,1-2H3,(H2,19,22)(H,20,21). The van der Waals surface area contributed by atoms with Gasteiger partial charge in [0.25, 0.3) is 11.8 Å². The monoisotopic (exact) mass is 348 g/mol. The fourth-order valence-corrected chi connectivity index (χ4v) is 2.21. The zero-order valence-corrected chi connectivity index (χ0v) is 14.0. The van der Waals surface area contributed by atoms with Crippen LogP contribution in [-0.2, 0) is 4.79 Å². The second kappa shape index (κ2) is 7.70. The Bertz CT molecular complexity index is 777. The van der Waals surface area contributed by atoms with Gasteiger partial charge in [-0.05, 0) is 36.8 Å². The molecule has 3 N–H and O–H groups in total. The second-order valence-electron chi connectivity index (χ2n) is 5.00. The number of anilines is 1. The smallest absolute Gasteiger partial charge is 0.262 e. The number of aryl methyl sites for hydroxylation is 1. The average molecular weight is 349 g/mol. The topological polar surface area (TPSA) is 90.7 Å². The molecule has 2 rings (SSSR count). The number of carbonyl (C=O) groups excluding carboxylic acids is 2. The van der Waals surface area contributed by atoms with Crippen LogP contribution in [0.3, 0.4) is 0 Å². The summed E-state index contributed by atoms with van der Waals surface area (Å²) < 4.78 is 10.6. The first-order valence-electron chi connectivity index (χ1n) is 7.08. The van der Waals surface area contributed by atoms with Gasteiger partial charge in [0.1, 0.15) is 0 Å². The number of benzene rings is 2. The summed E-state index contributed by atoms with van der Waals surface area (Å²) in [7, 11) is 1.43. The van der Waals surface area contributed by atoms with E-state index in [1.54, 1.807) is 30.3 Å². The highest BCUT2D eigenvalue weighted by Crippen LogP contribution is 2.30. The van der Waals surface area contributed by atoms with Crippen LogP contribution in [0.4, 0.5) is 5.69 Å². The average Bonchev–Trinajstić information content (AvgIpc) is 2.55. The summed E-state index contributed by atoms with van der Waals surface area (Å²) in [6.45, 7) is 1.55. The lowest BCUT2D eigenvalue weighted by Gasteiger charge is -2.13. The highest BCUT2D eigenvalue weighted by atomic mass is 35.5. The summed E-state index contributed by atoms with van der Waals surface area (Å²) in [6, 6.07) is 9.89. The molecule has 0 radical (unpaired) electrons. The zero-order chi connectivity index (χ0) is 17.7. The van der Waals surface area contributed by atoms with Crippen LogP contribution >= 0.6 is 11.6 Å². The van der Waals surface area contributed by atoms with Crippen LogP contribution in [0.1, 0.15) is 15.9 Å². The van der Waals surface area contributed by atoms with E-state index in [2.05, 4.69) is 5.32 Å². The number of hydrogen-bond acceptors (Lipinski definition) is 4. The second-order valence-corrected chi connectivity index (χ2v) is 5.41. The predicted octanol–water partition coefficient (Wildman–Crippen LogP) is 2.77. The number of halogens is 1. The van der Waals surface area contributed by atoms with Crippen LogP contribution in [-0.4, -0.2) is 25.5 Å². The maximum absolute atomic E-state index is 12.0. The van der Waals surface area contributed by atoms with Gasteiger partial charge in [-0.15, -0.1) is 0 Å². The van der Waals surface area contributed by atoms with E-state index >= 15 is 0 Å². The van der Waals surface area contributed by atoms with Crippen molar-refractivity contribution in [1.29, 1.82) is 0 Å². The van der Waals surface area contributed by atoms with Crippen LogP contribution in [0.15, 0.2) is 36.4 Å². The molecule has 0 bridgehead atoms. The molecule has 2 aromatic rings. The number of para-hydroxylation sites is 1. The highest BCUT2D eigenvalue weighted by molar-refractivity contribution is 6.31. The molecule has 0 unspecified atom stereocenters. The van der Waals surface area contributed by atoms with E-state index in [0.29, 0.717) is 16.5 Å². The van der Waals surface area contributed by atoms with Gasteiger partial charge in [-0.3, -0.25) is 9.59 Å². The van der Waals surface area contributed by atoms with E-state index in [9.17, 15) is 9.59 Å². The van der Waals surface area contributed by atoms with Crippen molar-refractivity contribution in [2.24, 2.45) is 5.73 Å². The molecule has 7 heteroatoms. The third-order valence-electron chi connectivity index (χ3n) is 3.27. The summed E-state index contributed by atoms with van der Waals surface area (Å²) in [4.78, 5) is 23.5. The minimum atomic E-state index is -0.672. The number of amides is 2. The summed E-state index contributed by atoms with van der Waals surface area (Å²) in [5.41, 5.74) is 6.91. The first kappa shape index (κ1) is 17.6. The molecule has 0 aliphatic heterocycles. The van der Waals surface area contributed by atoms with E-state index in [1.165, 1.54) is 13.2 Å². The van der Waals surface area contributed by atoms with Crippen molar-refractivity contribution in [2.75, 3.05) is 19.0 Å². The van der Waals surface area contributed by atoms with Gasteiger partial charge in [-0.2, -0.15) is 0 Å². The number of nitrogens with two attached hydrogens (primary N) is 1. The molecular formula is C17H17ClN2O4. The summed E-state index contributed by atoms with van der Waals surface area (Å²) in [5, 5.41) is 3.21. The lowest BCUT2D eigenvalue weighted by Crippen LogP contribution is -2.22. The van der Waals surface area contributed by atoms with Gasteiger partial charge < -0.3 is 20.5 Å². The van der Waals surface area contributed by atoms with Crippen LogP contribution in [0, 0.1) is 6.92 Å². The van der Waals surface area contributed by atoms with Gasteiger partial charge in [0.15, 0.2) is 18.1 Å². The van der Waals surface area contributed by atoms with Crippen LogP contribution in [0.2, 0.25) is 5.02 Å². The zero-order valence-electron chi connectivity index (χ0n) is 13.3. The molecular weight excluding hydrogens is 332 g/mol. The van der Waals surface area contributed by atoms with E-state index in [-0.39, 0.29) is 17.9 Å². The Hall–Kier alpha value is -2.73. The van der Waals surface area contributed by atoms with Crippen LogP contribution in [0.25, 0.3) is 0 Å². The van der Waals surface area contributed by atoms with Gasteiger partial charge in [0.05, 0.1) is 12.7 Å². The van der Waals surface area contributed by atoms with Crippen molar-refractivity contribution in [3.8, 4) is 11.5 Å². The SMILES string of the molecule is COc1cccc(C(N)=O)c1OCC(=O)Nc1ccc(C)c(Cl)c1. The fourth-order valence-electron chi connectivity index (χ4n) is 2.02. The molecule has 0 heterocycles. The van der Waals surface area contributed by atoms with E-state index < -0.39 is 11.8 Å². The molecule has 2 amide bonds. The van der Waals surface area contributed by atoms with Gasteiger partial charge in [-0.25, -0.2) is 0 Å². The van der Waals surface area contributed by atoms with Gasteiger partial charge in [0.2, 0.25) is 0 Å². The van der Waals surface area contributed by atoms with Crippen molar-refractivity contribution in [2.45, 2.75) is 6.92 Å². The third-order valence-corrected chi connectivity index (χ3v) is 3.67. The van der Waals surface area contributed by atoms with E-state index in [0.717, 1.165) is 5.56 Å². The molecule has 0 aliphatic carbocycles. The number of nitrogens with one attached hydrogen (secondary N) is 1. The maximum Gasteiger partial charge on any atom is 0.262 e. The molecule has 0 atom stereocenters. The van der Waals surface area contributed by atoms with Gasteiger partial charge in [-0.1, -0.05) is 23.7 Å². The molecule has 2 aromatic carbocycles. The Morgan fingerprint density at radius 2 is 2.00 bits per heavy atom. The molecule has 0 aromatic heterocycles. The molecule has 0 saturated carbocycles. The minimum Gasteiger partial charge on any atom is -0.493 e. The maximum atomic E-state index is 12.0. The van der Waals surface area contributed by atoms with Crippen LogP contribution < -0.4 is 20.5 Å². The van der Waals surface area contributed by atoms with Crippen molar-refractivity contribution in [3.63, 3.8) is 0 Å². The Kier molecular flexibility index (Phi) is 5.65. The van der Waals surface area contributed by atoms with E-state index in [4.69, 9.17) is 26.8 Å². The number of primary amides is 1.